The van der Waals surface area contributed by atoms with Gasteiger partial charge >= 0.3 is 0 Å². The number of fused-ring (bicyclic) bond motifs is 1. The van der Waals surface area contributed by atoms with Crippen LogP contribution in [0.4, 0.5) is 0 Å². The van der Waals surface area contributed by atoms with Gasteiger partial charge < -0.3 is 0 Å². The van der Waals surface area contributed by atoms with Crippen LogP contribution in [0.1, 0.15) is 66.5 Å². The van der Waals surface area contributed by atoms with Crippen molar-refractivity contribution < 1.29 is 4.79 Å². The zero-order valence-electron chi connectivity index (χ0n) is 18.0. The molecule has 1 heterocycles. The van der Waals surface area contributed by atoms with Crippen molar-refractivity contribution >= 4 is 5.78 Å². The number of benzene rings is 2. The average molecular weight is 398 g/mol. The Kier molecular flexibility index (Phi) is 5.07. The molecule has 0 N–H and O–H groups in total. The molecule has 0 saturated carbocycles. The minimum absolute atomic E-state index is 0.0975. The fourth-order valence-corrected chi connectivity index (χ4v) is 4.34. The van der Waals surface area contributed by atoms with Crippen molar-refractivity contribution in [2.24, 2.45) is 11.3 Å². The highest BCUT2D eigenvalue weighted by atomic mass is 16.1. The molecular formula is C26H27N3O. The van der Waals surface area contributed by atoms with Crippen LogP contribution < -0.4 is 0 Å². The van der Waals surface area contributed by atoms with Crippen LogP contribution in [0.5, 0.6) is 0 Å². The molecule has 4 heteroatoms. The minimum Gasteiger partial charge on any atom is -0.293 e. The van der Waals surface area contributed by atoms with Crippen molar-refractivity contribution in [3.63, 3.8) is 0 Å². The predicted molar refractivity (Wildman–Crippen MR) is 118 cm³/mol. The normalized spacial score (nSPS) is 17.6. The molecule has 0 saturated heterocycles. The number of Topliss-reactive ketones (excluding diaryl/α,β-unsaturated/α-hetero) is 1. The molecule has 3 aromatic rings. The molecule has 30 heavy (non-hydrogen) atoms. The largest absolute Gasteiger partial charge is 0.293 e. The van der Waals surface area contributed by atoms with Crippen molar-refractivity contribution in [3.8, 4) is 11.8 Å². The lowest BCUT2D eigenvalue weighted by molar-refractivity contribution is 0.0833. The van der Waals surface area contributed by atoms with Crippen molar-refractivity contribution in [1.29, 1.82) is 5.26 Å². The quantitative estimate of drug-likeness (QED) is 0.585. The van der Waals surface area contributed by atoms with E-state index in [0.29, 0.717) is 24.3 Å². The average Bonchev–Trinajstić information content (AvgIpc) is 3.06. The van der Waals surface area contributed by atoms with E-state index >= 15 is 0 Å². The monoisotopic (exact) mass is 397 g/mol. The van der Waals surface area contributed by atoms with E-state index in [0.717, 1.165) is 22.6 Å². The topological polar surface area (TPSA) is 58.7 Å². The zero-order chi connectivity index (χ0) is 21.5. The Morgan fingerprint density at radius 3 is 2.40 bits per heavy atom. The van der Waals surface area contributed by atoms with E-state index in [9.17, 15) is 10.1 Å². The van der Waals surface area contributed by atoms with Gasteiger partial charge in [-0.2, -0.15) is 10.4 Å². The second-order valence-corrected chi connectivity index (χ2v) is 9.18. The molecule has 1 aliphatic rings. The molecule has 0 radical (unpaired) electrons. The van der Waals surface area contributed by atoms with Crippen LogP contribution in [0, 0.1) is 22.7 Å². The number of hydrogen-bond donors (Lipinski definition) is 0. The Bertz CT molecular complexity index is 1120. The lowest BCUT2D eigenvalue weighted by Gasteiger charge is -2.33. The number of carbonyl (C=O) groups is 1. The second kappa shape index (κ2) is 7.57. The first-order valence-corrected chi connectivity index (χ1v) is 10.5. The summed E-state index contributed by atoms with van der Waals surface area (Å²) in [6.45, 7) is 8.34. The summed E-state index contributed by atoms with van der Waals surface area (Å²) in [6, 6.07) is 20.7. The highest BCUT2D eigenvalue weighted by molar-refractivity contribution is 6.03. The first-order chi connectivity index (χ1) is 14.3. The van der Waals surface area contributed by atoms with Crippen molar-refractivity contribution in [2.45, 2.75) is 46.5 Å². The minimum atomic E-state index is -0.652. The van der Waals surface area contributed by atoms with E-state index < -0.39 is 11.3 Å². The zero-order valence-corrected chi connectivity index (χ0v) is 18.0. The molecule has 1 aliphatic carbocycles. The van der Waals surface area contributed by atoms with Crippen LogP contribution in [0.15, 0.2) is 54.6 Å². The van der Waals surface area contributed by atoms with Crippen molar-refractivity contribution in [1.82, 2.24) is 9.78 Å². The SMILES string of the molecule is CC(C)c1ccc(-n2nc(Cc3ccccc3)c3c2CC(C)(C)C(C#N)C3=O)cc1. The van der Waals surface area contributed by atoms with E-state index in [4.69, 9.17) is 5.10 Å². The first kappa shape index (κ1) is 20.1. The molecule has 1 unspecified atom stereocenters. The molecule has 0 bridgehead atoms. The number of rotatable bonds is 4. The van der Waals surface area contributed by atoms with Gasteiger partial charge in [0.05, 0.1) is 28.7 Å². The van der Waals surface area contributed by atoms with Crippen LogP contribution in [-0.2, 0) is 12.8 Å². The number of ketones is 1. The molecule has 2 aromatic carbocycles. The van der Waals surface area contributed by atoms with Gasteiger partial charge in [-0.05, 0) is 41.0 Å². The molecule has 1 atom stereocenters. The molecule has 0 aliphatic heterocycles. The van der Waals surface area contributed by atoms with Gasteiger partial charge in [0.25, 0.3) is 0 Å². The van der Waals surface area contributed by atoms with E-state index in [-0.39, 0.29) is 5.78 Å². The summed E-state index contributed by atoms with van der Waals surface area (Å²) in [4.78, 5) is 13.4. The summed E-state index contributed by atoms with van der Waals surface area (Å²) in [7, 11) is 0. The fourth-order valence-electron chi connectivity index (χ4n) is 4.34. The Balaban J connectivity index is 1.87. The van der Waals surface area contributed by atoms with Gasteiger partial charge in [-0.3, -0.25) is 4.79 Å². The van der Waals surface area contributed by atoms with Gasteiger partial charge in [-0.15, -0.1) is 0 Å². The highest BCUT2D eigenvalue weighted by Crippen LogP contribution is 2.41. The summed E-state index contributed by atoms with van der Waals surface area (Å²) in [6.07, 6.45) is 1.21. The van der Waals surface area contributed by atoms with Gasteiger partial charge in [0.1, 0.15) is 5.92 Å². The smallest absolute Gasteiger partial charge is 0.184 e. The molecule has 0 spiro atoms. The second-order valence-electron chi connectivity index (χ2n) is 9.18. The van der Waals surface area contributed by atoms with E-state index in [1.807, 2.05) is 48.9 Å². The molecule has 0 fully saturated rings. The number of aromatic nitrogens is 2. The summed E-state index contributed by atoms with van der Waals surface area (Å²) in [5.41, 5.74) is 5.20. The number of nitriles is 1. The van der Waals surface area contributed by atoms with Crippen LogP contribution in [-0.4, -0.2) is 15.6 Å². The fraction of sp³-hybridized carbons (Fsp3) is 0.346. The lowest BCUT2D eigenvalue weighted by atomic mass is 9.67. The maximum Gasteiger partial charge on any atom is 0.184 e. The lowest BCUT2D eigenvalue weighted by Crippen LogP contribution is -2.38. The van der Waals surface area contributed by atoms with Gasteiger partial charge in [0.2, 0.25) is 0 Å². The standard InChI is InChI=1S/C26H27N3O/c1-17(2)19-10-12-20(13-11-19)29-23-15-26(3,4)21(16-27)25(30)24(23)22(28-29)14-18-8-6-5-7-9-18/h5-13,17,21H,14-15H2,1-4H3. The third-order valence-corrected chi connectivity index (χ3v) is 6.11. The van der Waals surface area contributed by atoms with Crippen LogP contribution in [0.25, 0.3) is 5.69 Å². The summed E-state index contributed by atoms with van der Waals surface area (Å²) >= 11 is 0. The Labute approximate surface area is 178 Å². The van der Waals surface area contributed by atoms with Crippen molar-refractivity contribution in [3.05, 3.63) is 82.7 Å². The van der Waals surface area contributed by atoms with Gasteiger partial charge in [-0.25, -0.2) is 4.68 Å². The molecule has 0 amide bonds. The molecule has 4 rings (SSSR count). The highest BCUT2D eigenvalue weighted by Gasteiger charge is 2.45. The Morgan fingerprint density at radius 2 is 1.80 bits per heavy atom. The van der Waals surface area contributed by atoms with Crippen LogP contribution in [0.3, 0.4) is 0 Å². The third-order valence-electron chi connectivity index (χ3n) is 6.11. The Hall–Kier alpha value is -3.19. The maximum atomic E-state index is 13.4. The molecular weight excluding hydrogens is 370 g/mol. The Morgan fingerprint density at radius 1 is 1.13 bits per heavy atom. The molecule has 1 aromatic heterocycles. The maximum absolute atomic E-state index is 13.4. The molecule has 152 valence electrons. The summed E-state index contributed by atoms with van der Waals surface area (Å²) < 4.78 is 1.92. The summed E-state index contributed by atoms with van der Waals surface area (Å²) in [5, 5.41) is 14.6. The number of carbonyl (C=O) groups excluding carboxylic acids is 1. The summed E-state index contributed by atoms with van der Waals surface area (Å²) in [5.74, 6) is -0.295. The van der Waals surface area contributed by atoms with E-state index in [1.165, 1.54) is 5.56 Å². The van der Waals surface area contributed by atoms with Gasteiger partial charge in [-0.1, -0.05) is 70.2 Å². The first-order valence-electron chi connectivity index (χ1n) is 10.5. The third kappa shape index (κ3) is 3.45. The van der Waals surface area contributed by atoms with Gasteiger partial charge in [0.15, 0.2) is 5.78 Å². The van der Waals surface area contributed by atoms with Crippen LogP contribution >= 0.6 is 0 Å². The van der Waals surface area contributed by atoms with Crippen molar-refractivity contribution in [2.75, 3.05) is 0 Å². The van der Waals surface area contributed by atoms with E-state index in [2.05, 4.69) is 44.2 Å². The molecule has 4 nitrogen and oxygen atoms in total. The predicted octanol–water partition coefficient (Wildman–Crippen LogP) is 5.49. The number of nitrogens with zero attached hydrogens (tertiary/aromatic N) is 3. The van der Waals surface area contributed by atoms with Gasteiger partial charge in [0, 0.05) is 6.42 Å². The number of hydrogen-bond acceptors (Lipinski definition) is 3. The van der Waals surface area contributed by atoms with Crippen LogP contribution in [0.2, 0.25) is 0 Å². The van der Waals surface area contributed by atoms with E-state index in [1.54, 1.807) is 0 Å².